The topological polar surface area (TPSA) is 54.2 Å². The monoisotopic (exact) mass is 224 g/mol. The van der Waals surface area contributed by atoms with Crippen LogP contribution in [0.25, 0.3) is 0 Å². The van der Waals surface area contributed by atoms with Gasteiger partial charge in [-0.05, 0) is 6.92 Å². The van der Waals surface area contributed by atoms with Crippen LogP contribution in [-0.2, 0) is 13.1 Å². The molecule has 2 heterocycles. The van der Waals surface area contributed by atoms with Crippen LogP contribution in [0.4, 0.5) is 0 Å². The van der Waals surface area contributed by atoms with Gasteiger partial charge in [0.1, 0.15) is 12.2 Å². The lowest BCUT2D eigenvalue weighted by Crippen LogP contribution is -2.43. The second-order valence-electron chi connectivity index (χ2n) is 5.32. The molecule has 5 nitrogen and oxygen atoms in total. The fraction of sp³-hybridized carbons (Fsp3) is 0.818. The molecule has 0 spiro atoms. The first-order valence-corrected chi connectivity index (χ1v) is 5.76. The molecule has 0 aliphatic carbocycles. The van der Waals surface area contributed by atoms with Crippen LogP contribution in [0, 0.1) is 5.41 Å². The van der Waals surface area contributed by atoms with Gasteiger partial charge in [0.15, 0.2) is 0 Å². The summed E-state index contributed by atoms with van der Waals surface area (Å²) in [4.78, 5) is 2.33. The molecule has 16 heavy (non-hydrogen) atoms. The Morgan fingerprint density at radius 2 is 2.25 bits per heavy atom. The van der Waals surface area contributed by atoms with Crippen molar-refractivity contribution in [2.24, 2.45) is 5.41 Å². The zero-order valence-electron chi connectivity index (χ0n) is 10.2. The molecular weight excluding hydrogens is 204 g/mol. The maximum atomic E-state index is 9.71. The lowest BCUT2D eigenvalue weighted by Gasteiger charge is -2.36. The van der Waals surface area contributed by atoms with Crippen molar-refractivity contribution in [1.29, 1.82) is 0 Å². The Morgan fingerprint density at radius 1 is 1.50 bits per heavy atom. The number of fused-ring (bicyclic) bond motifs is 1. The third-order valence-electron chi connectivity index (χ3n) is 3.48. The van der Waals surface area contributed by atoms with Gasteiger partial charge in [0.05, 0.1) is 12.6 Å². The molecule has 1 aromatic heterocycles. The molecule has 5 heteroatoms. The fourth-order valence-corrected chi connectivity index (χ4v) is 1.96. The molecule has 1 aliphatic heterocycles. The molecule has 0 bridgehead atoms. The average Bonchev–Trinajstić information content (AvgIpc) is 2.63. The maximum Gasteiger partial charge on any atom is 0.147 e. The molecular formula is C11H20N4O. The van der Waals surface area contributed by atoms with E-state index in [1.807, 2.05) is 6.92 Å². The molecule has 0 saturated heterocycles. The zero-order valence-corrected chi connectivity index (χ0v) is 10.2. The first kappa shape index (κ1) is 11.5. The van der Waals surface area contributed by atoms with Crippen LogP contribution in [0.2, 0.25) is 0 Å². The van der Waals surface area contributed by atoms with Crippen LogP contribution < -0.4 is 0 Å². The number of hydrogen-bond acceptors (Lipinski definition) is 4. The van der Waals surface area contributed by atoms with E-state index in [0.717, 1.165) is 32.0 Å². The first-order chi connectivity index (χ1) is 7.49. The van der Waals surface area contributed by atoms with E-state index < -0.39 is 0 Å². The molecule has 0 saturated carbocycles. The molecule has 1 atom stereocenters. The zero-order chi connectivity index (χ0) is 11.8. The minimum atomic E-state index is -0.299. The third kappa shape index (κ3) is 2.25. The summed E-state index contributed by atoms with van der Waals surface area (Å²) in [6.45, 7) is 9.70. The standard InChI is InChI=1S/C11H20N4O/c1-9(16)11(2,3)7-14-4-5-15-8-12-13-10(15)6-14/h8-9,16H,4-7H2,1-3H3. The Labute approximate surface area is 96.1 Å². The highest BCUT2D eigenvalue weighted by Gasteiger charge is 2.29. The Kier molecular flexibility index (Phi) is 2.99. The fourth-order valence-electron chi connectivity index (χ4n) is 1.96. The quantitative estimate of drug-likeness (QED) is 0.812. The SMILES string of the molecule is CC(O)C(C)(C)CN1CCn2cnnc2C1. The van der Waals surface area contributed by atoms with Crippen molar-refractivity contribution in [2.45, 2.75) is 40.0 Å². The largest absolute Gasteiger partial charge is 0.393 e. The van der Waals surface area contributed by atoms with Gasteiger partial charge in [0.2, 0.25) is 0 Å². The Hall–Kier alpha value is -0.940. The van der Waals surface area contributed by atoms with Crippen LogP contribution >= 0.6 is 0 Å². The normalized spacial score (nSPS) is 19.5. The van der Waals surface area contributed by atoms with E-state index in [1.54, 1.807) is 6.33 Å². The van der Waals surface area contributed by atoms with Gasteiger partial charge < -0.3 is 9.67 Å². The van der Waals surface area contributed by atoms with Crippen molar-refractivity contribution in [1.82, 2.24) is 19.7 Å². The lowest BCUT2D eigenvalue weighted by molar-refractivity contribution is 0.0268. The maximum absolute atomic E-state index is 9.71. The predicted molar refractivity (Wildman–Crippen MR) is 60.8 cm³/mol. The number of rotatable bonds is 3. The molecule has 0 aromatic carbocycles. The summed E-state index contributed by atoms with van der Waals surface area (Å²) in [6.07, 6.45) is 1.49. The van der Waals surface area contributed by atoms with E-state index in [0.29, 0.717) is 0 Å². The number of nitrogens with zero attached hydrogens (tertiary/aromatic N) is 4. The molecule has 90 valence electrons. The Bertz CT molecular complexity index is 359. The first-order valence-electron chi connectivity index (χ1n) is 5.76. The predicted octanol–water partition coefficient (Wildman–Crippen LogP) is 0.501. The summed E-state index contributed by atoms with van der Waals surface area (Å²) in [7, 11) is 0. The van der Waals surface area contributed by atoms with Crippen molar-refractivity contribution in [3.05, 3.63) is 12.2 Å². The van der Waals surface area contributed by atoms with E-state index >= 15 is 0 Å². The van der Waals surface area contributed by atoms with Gasteiger partial charge in [0.25, 0.3) is 0 Å². The summed E-state index contributed by atoms with van der Waals surface area (Å²) >= 11 is 0. The highest BCUT2D eigenvalue weighted by molar-refractivity contribution is 4.91. The molecule has 2 rings (SSSR count). The minimum Gasteiger partial charge on any atom is -0.393 e. The highest BCUT2D eigenvalue weighted by Crippen LogP contribution is 2.23. The van der Waals surface area contributed by atoms with Crippen molar-refractivity contribution in [3.8, 4) is 0 Å². The summed E-state index contributed by atoms with van der Waals surface area (Å²) in [6, 6.07) is 0. The second-order valence-corrected chi connectivity index (χ2v) is 5.32. The van der Waals surface area contributed by atoms with Crippen LogP contribution in [0.5, 0.6) is 0 Å². The van der Waals surface area contributed by atoms with Gasteiger partial charge in [0, 0.05) is 25.0 Å². The Balaban J connectivity index is 1.99. The van der Waals surface area contributed by atoms with E-state index in [9.17, 15) is 5.11 Å². The van der Waals surface area contributed by atoms with Gasteiger partial charge in [-0.2, -0.15) is 0 Å². The van der Waals surface area contributed by atoms with Crippen LogP contribution in [0.3, 0.4) is 0 Å². The lowest BCUT2D eigenvalue weighted by atomic mass is 9.87. The highest BCUT2D eigenvalue weighted by atomic mass is 16.3. The van der Waals surface area contributed by atoms with Gasteiger partial charge in [-0.3, -0.25) is 4.90 Å². The van der Waals surface area contributed by atoms with Gasteiger partial charge >= 0.3 is 0 Å². The van der Waals surface area contributed by atoms with Crippen molar-refractivity contribution in [2.75, 3.05) is 13.1 Å². The number of aliphatic hydroxyl groups excluding tert-OH is 1. The van der Waals surface area contributed by atoms with E-state index in [4.69, 9.17) is 0 Å². The summed E-state index contributed by atoms with van der Waals surface area (Å²) in [5, 5.41) is 17.7. The van der Waals surface area contributed by atoms with Gasteiger partial charge in [-0.15, -0.1) is 10.2 Å². The molecule has 1 N–H and O–H groups in total. The van der Waals surface area contributed by atoms with E-state index in [1.165, 1.54) is 0 Å². The Morgan fingerprint density at radius 3 is 2.94 bits per heavy atom. The second kappa shape index (κ2) is 4.14. The van der Waals surface area contributed by atoms with E-state index in [-0.39, 0.29) is 11.5 Å². The summed E-state index contributed by atoms with van der Waals surface area (Å²) < 4.78 is 2.09. The summed E-state index contributed by atoms with van der Waals surface area (Å²) in [5.41, 5.74) is -0.0812. The van der Waals surface area contributed by atoms with Crippen molar-refractivity contribution in [3.63, 3.8) is 0 Å². The molecule has 0 fully saturated rings. The molecule has 0 radical (unpaired) electrons. The van der Waals surface area contributed by atoms with Gasteiger partial charge in [-0.25, -0.2) is 0 Å². The smallest absolute Gasteiger partial charge is 0.147 e. The van der Waals surface area contributed by atoms with Crippen molar-refractivity contribution >= 4 is 0 Å². The van der Waals surface area contributed by atoms with E-state index in [2.05, 4.69) is 33.5 Å². The van der Waals surface area contributed by atoms with Crippen LogP contribution in [0.1, 0.15) is 26.6 Å². The number of aliphatic hydroxyl groups is 1. The van der Waals surface area contributed by atoms with Gasteiger partial charge in [-0.1, -0.05) is 13.8 Å². The van der Waals surface area contributed by atoms with Crippen LogP contribution in [-0.4, -0.2) is 44.0 Å². The molecule has 0 amide bonds. The minimum absolute atomic E-state index is 0.0812. The average molecular weight is 224 g/mol. The number of aromatic nitrogens is 3. The van der Waals surface area contributed by atoms with Crippen LogP contribution in [0.15, 0.2) is 6.33 Å². The summed E-state index contributed by atoms with van der Waals surface area (Å²) in [5.74, 6) is 1.02. The van der Waals surface area contributed by atoms with Crippen molar-refractivity contribution < 1.29 is 5.11 Å². The molecule has 1 unspecified atom stereocenters. The number of hydrogen-bond donors (Lipinski definition) is 1. The third-order valence-corrected chi connectivity index (χ3v) is 3.48. The molecule has 1 aromatic rings. The molecule has 1 aliphatic rings.